The maximum absolute atomic E-state index is 13.5. The van der Waals surface area contributed by atoms with Crippen molar-refractivity contribution in [1.82, 2.24) is 24.4 Å². The van der Waals surface area contributed by atoms with Crippen LogP contribution in [0.5, 0.6) is 11.5 Å². The first-order chi connectivity index (χ1) is 23.4. The molecule has 0 aliphatic heterocycles. The molecule has 3 heterocycles. The van der Waals surface area contributed by atoms with Crippen LogP contribution in [0.2, 0.25) is 10.0 Å². The average Bonchev–Trinajstić information content (AvgIpc) is 3.79. The molecule has 0 saturated heterocycles. The quantitative estimate of drug-likeness (QED) is 0.145. The van der Waals surface area contributed by atoms with Crippen LogP contribution in [0.4, 0.5) is 0 Å². The van der Waals surface area contributed by atoms with Crippen molar-refractivity contribution in [3.8, 4) is 28.4 Å². The van der Waals surface area contributed by atoms with Gasteiger partial charge in [-0.05, 0) is 85.3 Å². The third-order valence-corrected chi connectivity index (χ3v) is 8.95. The Kier molecular flexibility index (Phi) is 9.07. The normalized spacial score (nSPS) is 11.9. The number of aromatic nitrogens is 5. The summed E-state index contributed by atoms with van der Waals surface area (Å²) in [7, 11) is 0. The predicted molar refractivity (Wildman–Crippen MR) is 192 cm³/mol. The van der Waals surface area contributed by atoms with Gasteiger partial charge in [-0.25, -0.2) is 4.68 Å². The van der Waals surface area contributed by atoms with Gasteiger partial charge in [-0.1, -0.05) is 77.0 Å². The highest BCUT2D eigenvalue weighted by Gasteiger charge is 2.14. The molecular formula is C37H27Cl2N5O3S. The summed E-state index contributed by atoms with van der Waals surface area (Å²) < 4.78 is 15.1. The number of hydrogen-bond acceptors (Lipinski definition) is 7. The van der Waals surface area contributed by atoms with Gasteiger partial charge in [0.1, 0.15) is 23.8 Å². The zero-order valence-corrected chi connectivity index (χ0v) is 27.9. The standard InChI is InChI=1S/C37H27Cl2N5O3S/c1-2-46-30-15-8-24(9-16-30)10-19-34-40-37-44(41-34)36(45)33(48-37)20-27-22-43(29-6-4-3-5-7-29)42-35(27)25-12-17-31(18-13-25)47-23-26-11-14-28(38)21-32(26)39/h3-22H,2,23H2,1H3/b19-10+,33-20-. The molecule has 0 N–H and O–H groups in total. The van der Waals surface area contributed by atoms with Crippen LogP contribution >= 0.6 is 34.5 Å². The molecule has 0 spiro atoms. The third-order valence-electron chi connectivity index (χ3n) is 7.40. The van der Waals surface area contributed by atoms with Crippen LogP contribution in [0.1, 0.15) is 29.4 Å². The number of fused-ring (bicyclic) bond motifs is 1. The molecule has 3 aromatic heterocycles. The molecule has 11 heteroatoms. The monoisotopic (exact) mass is 691 g/mol. The minimum Gasteiger partial charge on any atom is -0.494 e. The number of para-hydroxylation sites is 1. The maximum atomic E-state index is 13.5. The fraction of sp³-hybridized carbons (Fsp3) is 0.0811. The molecule has 4 aromatic carbocycles. The van der Waals surface area contributed by atoms with Crippen LogP contribution in [0.15, 0.2) is 108 Å². The van der Waals surface area contributed by atoms with Gasteiger partial charge >= 0.3 is 0 Å². The van der Waals surface area contributed by atoms with Gasteiger partial charge in [-0.2, -0.15) is 14.6 Å². The fourth-order valence-corrected chi connectivity index (χ4v) is 6.38. The first-order valence-corrected chi connectivity index (χ1v) is 16.7. The van der Waals surface area contributed by atoms with Crippen molar-refractivity contribution in [3.05, 3.63) is 151 Å². The molecule has 0 fully saturated rings. The van der Waals surface area contributed by atoms with E-state index in [9.17, 15) is 4.79 Å². The second-order valence-corrected chi connectivity index (χ2v) is 12.5. The van der Waals surface area contributed by atoms with Gasteiger partial charge in [0.05, 0.1) is 16.8 Å². The molecule has 0 radical (unpaired) electrons. The van der Waals surface area contributed by atoms with E-state index in [-0.39, 0.29) is 5.56 Å². The van der Waals surface area contributed by atoms with Crippen LogP contribution < -0.4 is 19.6 Å². The van der Waals surface area contributed by atoms with E-state index in [1.807, 2.05) is 110 Å². The van der Waals surface area contributed by atoms with Crippen molar-refractivity contribution in [1.29, 1.82) is 0 Å². The lowest BCUT2D eigenvalue weighted by Crippen LogP contribution is -2.23. The molecule has 0 saturated carbocycles. The topological polar surface area (TPSA) is 83.5 Å². The summed E-state index contributed by atoms with van der Waals surface area (Å²) in [5, 5.41) is 10.5. The van der Waals surface area contributed by atoms with Gasteiger partial charge in [0, 0.05) is 32.9 Å². The lowest BCUT2D eigenvalue weighted by atomic mass is 10.1. The Morgan fingerprint density at radius 1 is 0.854 bits per heavy atom. The van der Waals surface area contributed by atoms with Gasteiger partial charge in [0.25, 0.3) is 5.56 Å². The Morgan fingerprint density at radius 2 is 1.60 bits per heavy atom. The van der Waals surface area contributed by atoms with Gasteiger partial charge in [0.15, 0.2) is 5.82 Å². The molecule has 0 atom stereocenters. The molecule has 7 rings (SSSR count). The van der Waals surface area contributed by atoms with E-state index < -0.39 is 0 Å². The first kappa shape index (κ1) is 31.4. The molecule has 0 amide bonds. The summed E-state index contributed by atoms with van der Waals surface area (Å²) in [5.74, 6) is 1.95. The van der Waals surface area contributed by atoms with Gasteiger partial charge in [0.2, 0.25) is 4.96 Å². The molecule has 8 nitrogen and oxygen atoms in total. The lowest BCUT2D eigenvalue weighted by Gasteiger charge is -2.09. The molecule has 0 unspecified atom stereocenters. The van der Waals surface area contributed by atoms with Gasteiger partial charge < -0.3 is 9.47 Å². The van der Waals surface area contributed by atoms with Crippen molar-refractivity contribution in [2.45, 2.75) is 13.5 Å². The molecule has 238 valence electrons. The fourth-order valence-electron chi connectivity index (χ4n) is 5.01. The summed E-state index contributed by atoms with van der Waals surface area (Å²) in [6.07, 6.45) is 7.45. The molecule has 0 bridgehead atoms. The third kappa shape index (κ3) is 6.89. The first-order valence-electron chi connectivity index (χ1n) is 15.1. The number of nitrogens with zero attached hydrogens (tertiary/aromatic N) is 5. The Bertz CT molecular complexity index is 2350. The lowest BCUT2D eigenvalue weighted by molar-refractivity contribution is 0.306. The minimum absolute atomic E-state index is 0.244. The zero-order chi connectivity index (χ0) is 33.0. The van der Waals surface area contributed by atoms with E-state index >= 15 is 0 Å². The van der Waals surface area contributed by atoms with Crippen molar-refractivity contribution >= 4 is 57.7 Å². The highest BCUT2D eigenvalue weighted by atomic mass is 35.5. The van der Waals surface area contributed by atoms with Crippen LogP contribution in [0.3, 0.4) is 0 Å². The van der Waals surface area contributed by atoms with Gasteiger partial charge in [-0.3, -0.25) is 4.79 Å². The smallest absolute Gasteiger partial charge is 0.291 e. The van der Waals surface area contributed by atoms with Crippen molar-refractivity contribution < 1.29 is 9.47 Å². The number of ether oxygens (including phenoxy) is 2. The largest absolute Gasteiger partial charge is 0.494 e. The number of benzene rings is 4. The molecule has 48 heavy (non-hydrogen) atoms. The second-order valence-electron chi connectivity index (χ2n) is 10.7. The molecule has 0 aliphatic carbocycles. The number of rotatable bonds is 10. The van der Waals surface area contributed by atoms with Crippen LogP contribution in [-0.4, -0.2) is 31.0 Å². The summed E-state index contributed by atoms with van der Waals surface area (Å²) >= 11 is 13.6. The SMILES string of the molecule is CCOc1ccc(/C=C/c2nc3s/c(=C\c4cn(-c5ccccc5)nc4-c4ccc(OCc5ccc(Cl)cc5Cl)cc4)c(=O)n3n2)cc1. The summed E-state index contributed by atoms with van der Waals surface area (Å²) in [6.45, 7) is 2.87. The average molecular weight is 693 g/mol. The number of halogens is 2. The summed E-state index contributed by atoms with van der Waals surface area (Å²) in [6, 6.07) is 30.5. The van der Waals surface area contributed by atoms with Crippen molar-refractivity contribution in [2.75, 3.05) is 6.61 Å². The Hall–Kier alpha value is -5.22. The van der Waals surface area contributed by atoms with Crippen molar-refractivity contribution in [2.24, 2.45) is 0 Å². The highest BCUT2D eigenvalue weighted by Crippen LogP contribution is 2.28. The summed E-state index contributed by atoms with van der Waals surface area (Å²) in [4.78, 5) is 18.6. The Balaban J connectivity index is 1.17. The molecule has 7 aromatic rings. The Labute approximate surface area is 289 Å². The van der Waals surface area contributed by atoms with E-state index in [1.165, 1.54) is 15.9 Å². The zero-order valence-electron chi connectivity index (χ0n) is 25.6. The highest BCUT2D eigenvalue weighted by molar-refractivity contribution is 7.15. The van der Waals surface area contributed by atoms with E-state index in [2.05, 4.69) is 10.1 Å². The van der Waals surface area contributed by atoms with Crippen molar-refractivity contribution in [3.63, 3.8) is 0 Å². The van der Waals surface area contributed by atoms with Crippen LogP contribution in [-0.2, 0) is 6.61 Å². The molecule has 0 aliphatic rings. The van der Waals surface area contributed by atoms with E-state index in [4.69, 9.17) is 37.8 Å². The molecular weight excluding hydrogens is 665 g/mol. The maximum Gasteiger partial charge on any atom is 0.291 e. The van der Waals surface area contributed by atoms with Gasteiger partial charge in [-0.15, -0.1) is 5.10 Å². The second kappa shape index (κ2) is 13.9. The van der Waals surface area contributed by atoms with E-state index in [0.717, 1.165) is 33.7 Å². The predicted octanol–water partition coefficient (Wildman–Crippen LogP) is 8.01. The van der Waals surface area contributed by atoms with Crippen LogP contribution in [0, 0.1) is 0 Å². The Morgan fingerprint density at radius 3 is 2.33 bits per heavy atom. The van der Waals surface area contributed by atoms with E-state index in [0.29, 0.717) is 50.0 Å². The van der Waals surface area contributed by atoms with E-state index in [1.54, 1.807) is 22.9 Å². The van der Waals surface area contributed by atoms with Crippen LogP contribution in [0.25, 0.3) is 40.1 Å². The number of thiazole rings is 1. The summed E-state index contributed by atoms with van der Waals surface area (Å²) in [5.41, 5.74) is 4.81. The minimum atomic E-state index is -0.244. The number of hydrogen-bond donors (Lipinski definition) is 0.